The quantitative estimate of drug-likeness (QED) is 0.404. The number of methoxy groups -OCH3 is 1. The van der Waals surface area contributed by atoms with E-state index in [0.717, 1.165) is 10.5 Å². The molecule has 0 unspecified atom stereocenters. The fraction of sp³-hybridized carbons (Fsp3) is 0.421. The average molecular weight is 379 g/mol. The summed E-state index contributed by atoms with van der Waals surface area (Å²) in [5.41, 5.74) is 0.853. The Kier molecular flexibility index (Phi) is 9.51. The van der Waals surface area contributed by atoms with Crippen LogP contribution in [0.4, 0.5) is 0 Å². The highest BCUT2D eigenvalue weighted by atomic mass is 32.2. The van der Waals surface area contributed by atoms with Gasteiger partial charge in [0.15, 0.2) is 6.61 Å². The summed E-state index contributed by atoms with van der Waals surface area (Å²) in [6.07, 6.45) is 5.55. The van der Waals surface area contributed by atoms with Gasteiger partial charge >= 0.3 is 11.9 Å². The zero-order chi connectivity index (χ0) is 19.5. The van der Waals surface area contributed by atoms with Gasteiger partial charge in [-0.25, -0.2) is 9.59 Å². The maximum atomic E-state index is 11.9. The van der Waals surface area contributed by atoms with E-state index in [0.29, 0.717) is 6.42 Å². The second kappa shape index (κ2) is 11.4. The number of carbonyl (C=O) groups is 3. The predicted molar refractivity (Wildman–Crippen MR) is 102 cm³/mol. The Morgan fingerprint density at radius 2 is 1.88 bits per heavy atom. The number of amides is 1. The topological polar surface area (TPSA) is 81.7 Å². The van der Waals surface area contributed by atoms with Crippen LogP contribution < -0.4 is 5.32 Å². The summed E-state index contributed by atoms with van der Waals surface area (Å²) in [5.74, 6) is -1.79. The Bertz CT molecular complexity index is 642. The fourth-order valence-electron chi connectivity index (χ4n) is 2.08. The van der Waals surface area contributed by atoms with E-state index in [2.05, 4.69) is 5.32 Å². The lowest BCUT2D eigenvalue weighted by Crippen LogP contribution is -2.47. The number of hydrogen-bond acceptors (Lipinski definition) is 6. The normalized spacial score (nSPS) is 13.1. The molecule has 0 aliphatic heterocycles. The van der Waals surface area contributed by atoms with Gasteiger partial charge in [-0.15, -0.1) is 11.8 Å². The van der Waals surface area contributed by atoms with Crippen molar-refractivity contribution < 1.29 is 23.9 Å². The zero-order valence-corrected chi connectivity index (χ0v) is 16.3. The van der Waals surface area contributed by atoms with E-state index in [-0.39, 0.29) is 5.92 Å². The summed E-state index contributed by atoms with van der Waals surface area (Å²) in [5, 5.41) is 2.54. The number of hydrogen-bond donors (Lipinski definition) is 1. The highest BCUT2D eigenvalue weighted by Gasteiger charge is 2.26. The van der Waals surface area contributed by atoms with Crippen molar-refractivity contribution in [3.63, 3.8) is 0 Å². The van der Waals surface area contributed by atoms with Crippen molar-refractivity contribution in [2.75, 3.05) is 20.0 Å². The molecule has 1 amide bonds. The summed E-state index contributed by atoms with van der Waals surface area (Å²) >= 11 is 1.63. The Balaban J connectivity index is 2.50. The Labute approximate surface area is 158 Å². The zero-order valence-electron chi connectivity index (χ0n) is 15.5. The molecule has 0 aliphatic carbocycles. The Morgan fingerprint density at radius 3 is 2.42 bits per heavy atom. The number of esters is 2. The van der Waals surface area contributed by atoms with Crippen molar-refractivity contribution in [1.29, 1.82) is 0 Å². The number of rotatable bonds is 9. The summed E-state index contributed by atoms with van der Waals surface area (Å²) < 4.78 is 9.60. The molecule has 1 aromatic rings. The van der Waals surface area contributed by atoms with Crippen LogP contribution in [0.5, 0.6) is 0 Å². The molecule has 142 valence electrons. The molecule has 0 radical (unpaired) electrons. The number of benzene rings is 1. The second-order valence-electron chi connectivity index (χ2n) is 5.67. The van der Waals surface area contributed by atoms with E-state index in [1.165, 1.54) is 13.2 Å². The third kappa shape index (κ3) is 7.31. The standard InChI is InChI=1S/C19H25NO5S/c1-5-13(2)18(19(23)24-3)20-16(21)12-25-17(22)11-8-14-6-9-15(26-4)10-7-14/h6-11,13,18H,5,12H2,1-4H3,(H,20,21)/b11-8+/t13-,18+/m1/s1. The summed E-state index contributed by atoms with van der Waals surface area (Å²) in [4.78, 5) is 36.5. The van der Waals surface area contributed by atoms with Crippen LogP contribution in [0.2, 0.25) is 0 Å². The highest BCUT2D eigenvalue weighted by molar-refractivity contribution is 7.98. The molecule has 0 bridgehead atoms. The molecule has 0 saturated heterocycles. The van der Waals surface area contributed by atoms with Gasteiger partial charge in [0.05, 0.1) is 7.11 Å². The lowest BCUT2D eigenvalue weighted by molar-refractivity contribution is -0.148. The van der Waals surface area contributed by atoms with Crippen molar-refractivity contribution in [2.24, 2.45) is 5.92 Å². The summed E-state index contributed by atoms with van der Waals surface area (Å²) in [6, 6.07) is 6.91. The monoisotopic (exact) mass is 379 g/mol. The van der Waals surface area contributed by atoms with Crippen molar-refractivity contribution in [1.82, 2.24) is 5.32 Å². The van der Waals surface area contributed by atoms with Crippen molar-refractivity contribution >= 4 is 35.7 Å². The lowest BCUT2D eigenvalue weighted by atomic mass is 9.99. The van der Waals surface area contributed by atoms with Crippen LogP contribution in [0.1, 0.15) is 25.8 Å². The maximum Gasteiger partial charge on any atom is 0.331 e. The van der Waals surface area contributed by atoms with Gasteiger partial charge in [0.1, 0.15) is 6.04 Å². The minimum atomic E-state index is -0.762. The number of ether oxygens (including phenoxy) is 2. The minimum Gasteiger partial charge on any atom is -0.467 e. The van der Waals surface area contributed by atoms with Crippen LogP contribution in [-0.4, -0.2) is 43.9 Å². The number of carbonyl (C=O) groups excluding carboxylic acids is 3. The SMILES string of the molecule is CC[C@@H](C)[C@H](NC(=O)COC(=O)/C=C/c1ccc(SC)cc1)C(=O)OC. The highest BCUT2D eigenvalue weighted by Crippen LogP contribution is 2.15. The van der Waals surface area contributed by atoms with E-state index < -0.39 is 30.5 Å². The van der Waals surface area contributed by atoms with Gasteiger partial charge in [-0.1, -0.05) is 32.4 Å². The molecule has 0 spiro atoms. The molecule has 0 aromatic heterocycles. The molecule has 6 nitrogen and oxygen atoms in total. The van der Waals surface area contributed by atoms with Gasteiger partial charge < -0.3 is 14.8 Å². The third-order valence-corrected chi connectivity index (χ3v) is 4.60. The molecule has 1 rings (SSSR count). The molecule has 0 heterocycles. The van der Waals surface area contributed by atoms with Gasteiger partial charge in [0.25, 0.3) is 5.91 Å². The third-order valence-electron chi connectivity index (χ3n) is 3.86. The predicted octanol–water partition coefficient (Wildman–Crippen LogP) is 2.67. The molecule has 0 aliphatic rings. The van der Waals surface area contributed by atoms with Crippen molar-refractivity contribution in [3.05, 3.63) is 35.9 Å². The molecule has 2 atom stereocenters. The van der Waals surface area contributed by atoms with E-state index in [1.54, 1.807) is 17.8 Å². The van der Waals surface area contributed by atoms with Crippen LogP contribution in [0.3, 0.4) is 0 Å². The molecule has 1 N–H and O–H groups in total. The van der Waals surface area contributed by atoms with Gasteiger partial charge in [0.2, 0.25) is 0 Å². The maximum absolute atomic E-state index is 11.9. The molecular formula is C19H25NO5S. The van der Waals surface area contributed by atoms with E-state index >= 15 is 0 Å². The van der Waals surface area contributed by atoms with Gasteiger partial charge in [-0.05, 0) is 35.9 Å². The van der Waals surface area contributed by atoms with Crippen LogP contribution in [0.25, 0.3) is 6.08 Å². The molecule has 0 fully saturated rings. The first-order valence-corrected chi connectivity index (χ1v) is 9.49. The first-order valence-electron chi connectivity index (χ1n) is 8.27. The number of nitrogens with one attached hydrogen (secondary N) is 1. The minimum absolute atomic E-state index is 0.0914. The first kappa shape index (κ1) is 21.8. The Morgan fingerprint density at radius 1 is 1.23 bits per heavy atom. The second-order valence-corrected chi connectivity index (χ2v) is 6.55. The van der Waals surface area contributed by atoms with Crippen LogP contribution in [0, 0.1) is 5.92 Å². The fourth-order valence-corrected chi connectivity index (χ4v) is 2.48. The number of thioether (sulfide) groups is 1. The molecule has 26 heavy (non-hydrogen) atoms. The van der Waals surface area contributed by atoms with E-state index in [1.807, 2.05) is 44.4 Å². The first-order chi connectivity index (χ1) is 12.4. The largest absolute Gasteiger partial charge is 0.467 e. The van der Waals surface area contributed by atoms with E-state index in [4.69, 9.17) is 9.47 Å². The Hall–Kier alpha value is -2.28. The van der Waals surface area contributed by atoms with Crippen LogP contribution in [0.15, 0.2) is 35.2 Å². The smallest absolute Gasteiger partial charge is 0.331 e. The summed E-state index contributed by atoms with van der Waals surface area (Å²) in [6.45, 7) is 3.28. The molecule has 0 saturated carbocycles. The van der Waals surface area contributed by atoms with Crippen molar-refractivity contribution in [3.8, 4) is 0 Å². The van der Waals surface area contributed by atoms with Crippen LogP contribution >= 0.6 is 11.8 Å². The van der Waals surface area contributed by atoms with Crippen molar-refractivity contribution in [2.45, 2.75) is 31.2 Å². The van der Waals surface area contributed by atoms with Gasteiger partial charge in [-0.2, -0.15) is 0 Å². The van der Waals surface area contributed by atoms with Gasteiger partial charge in [0, 0.05) is 11.0 Å². The van der Waals surface area contributed by atoms with E-state index in [9.17, 15) is 14.4 Å². The molecular weight excluding hydrogens is 354 g/mol. The lowest BCUT2D eigenvalue weighted by Gasteiger charge is -2.21. The molecule has 7 heteroatoms. The van der Waals surface area contributed by atoms with Crippen LogP contribution in [-0.2, 0) is 23.9 Å². The average Bonchev–Trinajstić information content (AvgIpc) is 2.67. The summed E-state index contributed by atoms with van der Waals surface area (Å²) in [7, 11) is 1.26. The van der Waals surface area contributed by atoms with Gasteiger partial charge in [-0.3, -0.25) is 4.79 Å². The molecule has 1 aromatic carbocycles.